The van der Waals surface area contributed by atoms with Crippen LogP contribution in [0.3, 0.4) is 0 Å². The van der Waals surface area contributed by atoms with Crippen molar-refractivity contribution in [1.29, 1.82) is 0 Å². The van der Waals surface area contributed by atoms with Crippen molar-refractivity contribution in [2.75, 3.05) is 0 Å². The van der Waals surface area contributed by atoms with Gasteiger partial charge in [-0.05, 0) is 25.1 Å². The van der Waals surface area contributed by atoms with Gasteiger partial charge >= 0.3 is 5.97 Å². The number of aliphatic carboxylic acids is 1. The van der Waals surface area contributed by atoms with Gasteiger partial charge in [-0.15, -0.1) is 0 Å². The first-order valence-corrected chi connectivity index (χ1v) is 7.07. The lowest BCUT2D eigenvalue weighted by atomic mass is 10.1. The van der Waals surface area contributed by atoms with E-state index in [2.05, 4.69) is 0 Å². The molecular formula is C18H14O5. The van der Waals surface area contributed by atoms with E-state index in [9.17, 15) is 9.59 Å². The second kappa shape index (κ2) is 5.96. The molecule has 0 saturated carbocycles. The summed E-state index contributed by atoms with van der Waals surface area (Å²) in [5.74, 6) is -0.278. The third-order valence-corrected chi connectivity index (χ3v) is 3.42. The molecule has 0 aliphatic rings. The zero-order valence-corrected chi connectivity index (χ0v) is 12.4. The fraction of sp³-hybridized carbons (Fsp3) is 0.111. The highest BCUT2D eigenvalue weighted by atomic mass is 16.5. The molecule has 116 valence electrons. The fourth-order valence-corrected chi connectivity index (χ4v) is 2.21. The van der Waals surface area contributed by atoms with E-state index in [1.165, 1.54) is 19.1 Å². The lowest BCUT2D eigenvalue weighted by Gasteiger charge is -2.10. The van der Waals surface area contributed by atoms with Gasteiger partial charge in [0.25, 0.3) is 0 Å². The van der Waals surface area contributed by atoms with Crippen molar-refractivity contribution in [3.63, 3.8) is 0 Å². The van der Waals surface area contributed by atoms with Gasteiger partial charge in [0.2, 0.25) is 0 Å². The zero-order valence-electron chi connectivity index (χ0n) is 12.4. The van der Waals surface area contributed by atoms with E-state index in [0.29, 0.717) is 22.5 Å². The molecule has 0 saturated heterocycles. The maximum absolute atomic E-state index is 12.3. The Hall–Kier alpha value is -3.08. The first-order valence-electron chi connectivity index (χ1n) is 7.07. The lowest BCUT2D eigenvalue weighted by molar-refractivity contribution is -0.144. The van der Waals surface area contributed by atoms with Crippen molar-refractivity contribution in [3.8, 4) is 17.1 Å². The molecule has 0 amide bonds. The second-order valence-electron chi connectivity index (χ2n) is 5.10. The SMILES string of the molecule is C[C@@H](Oc1ccc2oc(-c3ccccc3)cc(=O)c2c1)C(=O)O. The molecule has 1 heterocycles. The Balaban J connectivity index is 2.03. The third kappa shape index (κ3) is 3.08. The summed E-state index contributed by atoms with van der Waals surface area (Å²) < 4.78 is 11.0. The van der Waals surface area contributed by atoms with Gasteiger partial charge in [-0.25, -0.2) is 4.79 Å². The van der Waals surface area contributed by atoms with Crippen molar-refractivity contribution < 1.29 is 19.1 Å². The molecule has 1 aromatic heterocycles. The number of rotatable bonds is 4. The normalized spacial score (nSPS) is 12.0. The Labute approximate surface area is 131 Å². The third-order valence-electron chi connectivity index (χ3n) is 3.42. The van der Waals surface area contributed by atoms with Gasteiger partial charge in [0.15, 0.2) is 11.5 Å². The van der Waals surface area contributed by atoms with Crippen molar-refractivity contribution in [1.82, 2.24) is 0 Å². The molecule has 5 nitrogen and oxygen atoms in total. The summed E-state index contributed by atoms with van der Waals surface area (Å²) in [5.41, 5.74) is 1.02. The largest absolute Gasteiger partial charge is 0.479 e. The number of ether oxygens (including phenoxy) is 1. The number of hydrogen-bond donors (Lipinski definition) is 1. The predicted molar refractivity (Wildman–Crippen MR) is 85.6 cm³/mol. The number of hydrogen-bond acceptors (Lipinski definition) is 4. The van der Waals surface area contributed by atoms with Gasteiger partial charge in [-0.1, -0.05) is 30.3 Å². The topological polar surface area (TPSA) is 76.7 Å². The summed E-state index contributed by atoms with van der Waals surface area (Å²) in [4.78, 5) is 23.1. The van der Waals surface area contributed by atoms with E-state index in [0.717, 1.165) is 5.56 Å². The van der Waals surface area contributed by atoms with Crippen LogP contribution in [0.4, 0.5) is 0 Å². The van der Waals surface area contributed by atoms with Crippen LogP contribution in [0.2, 0.25) is 0 Å². The highest BCUT2D eigenvalue weighted by Gasteiger charge is 2.14. The van der Waals surface area contributed by atoms with Gasteiger partial charge in [0.05, 0.1) is 5.39 Å². The Morgan fingerprint density at radius 3 is 2.57 bits per heavy atom. The van der Waals surface area contributed by atoms with Gasteiger partial charge in [0, 0.05) is 11.6 Å². The molecule has 5 heteroatoms. The van der Waals surface area contributed by atoms with Crippen LogP contribution in [0.1, 0.15) is 6.92 Å². The molecule has 0 aliphatic heterocycles. The van der Waals surface area contributed by atoms with Crippen molar-refractivity contribution in [2.45, 2.75) is 13.0 Å². The highest BCUT2D eigenvalue weighted by Crippen LogP contribution is 2.24. The first-order chi connectivity index (χ1) is 11.0. The molecule has 0 bridgehead atoms. The van der Waals surface area contributed by atoms with Crippen molar-refractivity contribution in [2.24, 2.45) is 0 Å². The second-order valence-corrected chi connectivity index (χ2v) is 5.10. The van der Waals surface area contributed by atoms with Crippen LogP contribution >= 0.6 is 0 Å². The van der Waals surface area contributed by atoms with E-state index in [4.69, 9.17) is 14.3 Å². The van der Waals surface area contributed by atoms with Crippen LogP contribution < -0.4 is 10.2 Å². The first kappa shape index (κ1) is 14.8. The molecule has 1 N–H and O–H groups in total. The van der Waals surface area contributed by atoms with E-state index >= 15 is 0 Å². The van der Waals surface area contributed by atoms with Crippen LogP contribution in [0.25, 0.3) is 22.3 Å². The molecule has 0 spiro atoms. The van der Waals surface area contributed by atoms with Gasteiger partial charge in [-0.3, -0.25) is 4.79 Å². The summed E-state index contributed by atoms with van der Waals surface area (Å²) in [6, 6.07) is 15.4. The fourth-order valence-electron chi connectivity index (χ4n) is 2.21. The monoisotopic (exact) mass is 310 g/mol. The average molecular weight is 310 g/mol. The molecule has 0 aliphatic carbocycles. The highest BCUT2D eigenvalue weighted by molar-refractivity contribution is 5.80. The maximum Gasteiger partial charge on any atom is 0.344 e. The Bertz CT molecular complexity index is 912. The number of benzene rings is 2. The number of carboxylic acid groups (broad SMARTS) is 1. The number of carboxylic acids is 1. The molecule has 3 rings (SSSR count). The van der Waals surface area contributed by atoms with Gasteiger partial charge < -0.3 is 14.3 Å². The van der Waals surface area contributed by atoms with Crippen LogP contribution in [0.15, 0.2) is 63.8 Å². The Morgan fingerprint density at radius 2 is 1.87 bits per heavy atom. The summed E-state index contributed by atoms with van der Waals surface area (Å²) >= 11 is 0. The quantitative estimate of drug-likeness (QED) is 0.800. The average Bonchev–Trinajstić information content (AvgIpc) is 2.56. The van der Waals surface area contributed by atoms with Gasteiger partial charge in [-0.2, -0.15) is 0 Å². The standard InChI is InChI=1S/C18H14O5/c1-11(18(20)21)22-13-7-8-16-14(9-13)15(19)10-17(23-16)12-5-3-2-4-6-12/h2-11H,1H3,(H,20,21)/t11-/m1/s1. The van der Waals surface area contributed by atoms with E-state index in [-0.39, 0.29) is 5.43 Å². The Morgan fingerprint density at radius 1 is 1.13 bits per heavy atom. The summed E-state index contributed by atoms with van der Waals surface area (Å²) in [6.07, 6.45) is -0.997. The molecule has 23 heavy (non-hydrogen) atoms. The molecule has 0 fully saturated rings. The van der Waals surface area contributed by atoms with E-state index in [1.54, 1.807) is 12.1 Å². The summed E-state index contributed by atoms with van der Waals surface area (Å²) in [5, 5.41) is 9.22. The molecule has 2 aromatic carbocycles. The zero-order chi connectivity index (χ0) is 16.4. The number of carbonyl (C=O) groups is 1. The Kier molecular flexibility index (Phi) is 3.85. The maximum atomic E-state index is 12.3. The van der Waals surface area contributed by atoms with Crippen molar-refractivity contribution >= 4 is 16.9 Å². The number of fused-ring (bicyclic) bond motifs is 1. The molecule has 1 atom stereocenters. The predicted octanol–water partition coefficient (Wildman–Crippen LogP) is 3.31. The molecule has 3 aromatic rings. The minimum absolute atomic E-state index is 0.210. The summed E-state index contributed by atoms with van der Waals surface area (Å²) in [6.45, 7) is 1.42. The van der Waals surface area contributed by atoms with E-state index < -0.39 is 12.1 Å². The molecular weight excluding hydrogens is 296 g/mol. The van der Waals surface area contributed by atoms with Gasteiger partial charge in [0.1, 0.15) is 17.1 Å². The van der Waals surface area contributed by atoms with Crippen LogP contribution in [0.5, 0.6) is 5.75 Å². The molecule has 0 unspecified atom stereocenters. The van der Waals surface area contributed by atoms with E-state index in [1.807, 2.05) is 30.3 Å². The lowest BCUT2D eigenvalue weighted by Crippen LogP contribution is -2.22. The minimum atomic E-state index is -1.07. The van der Waals surface area contributed by atoms with Crippen LogP contribution in [-0.2, 0) is 4.79 Å². The molecule has 0 radical (unpaired) electrons. The smallest absolute Gasteiger partial charge is 0.344 e. The van der Waals surface area contributed by atoms with Crippen LogP contribution in [-0.4, -0.2) is 17.2 Å². The summed E-state index contributed by atoms with van der Waals surface area (Å²) in [7, 11) is 0. The van der Waals surface area contributed by atoms with Crippen LogP contribution in [0, 0.1) is 0 Å². The van der Waals surface area contributed by atoms with Crippen molar-refractivity contribution in [3.05, 3.63) is 64.8 Å². The minimum Gasteiger partial charge on any atom is -0.479 e.